The van der Waals surface area contributed by atoms with Gasteiger partial charge in [-0.15, -0.1) is 10.2 Å². The molecule has 0 aliphatic carbocycles. The fraction of sp³-hybridized carbons (Fsp3) is 0.500. The van der Waals surface area contributed by atoms with Crippen LogP contribution in [0.15, 0.2) is 24.3 Å². The highest BCUT2D eigenvalue weighted by atomic mass is 15.3. The van der Waals surface area contributed by atoms with Crippen LogP contribution in [-0.4, -0.2) is 33.8 Å². The maximum atomic E-state index is 6.09. The van der Waals surface area contributed by atoms with Crippen molar-refractivity contribution in [2.24, 2.45) is 5.73 Å². The van der Waals surface area contributed by atoms with Gasteiger partial charge in [-0.25, -0.2) is 4.98 Å². The summed E-state index contributed by atoms with van der Waals surface area (Å²) in [5.74, 6) is 0.709. The third-order valence-corrected chi connectivity index (χ3v) is 3.76. The van der Waals surface area contributed by atoms with E-state index in [1.807, 2.05) is 24.3 Å². The Kier molecular flexibility index (Phi) is 3.29. The summed E-state index contributed by atoms with van der Waals surface area (Å²) in [6, 6.07) is 8.26. The number of anilines is 1. The molecule has 1 aromatic heterocycles. The van der Waals surface area contributed by atoms with Gasteiger partial charge in [-0.1, -0.05) is 12.1 Å². The molecule has 1 fully saturated rings. The highest BCUT2D eigenvalue weighted by molar-refractivity contribution is 5.74. The molecule has 1 saturated heterocycles. The van der Waals surface area contributed by atoms with Gasteiger partial charge in [0.2, 0.25) is 5.95 Å². The van der Waals surface area contributed by atoms with Crippen molar-refractivity contribution in [2.75, 3.05) is 11.4 Å². The van der Waals surface area contributed by atoms with Crippen LogP contribution in [0.5, 0.6) is 0 Å². The number of para-hydroxylation sites is 1. The number of fused-ring (bicyclic) bond motifs is 1. The molecule has 0 bridgehead atoms. The zero-order valence-corrected chi connectivity index (χ0v) is 11.2. The summed E-state index contributed by atoms with van der Waals surface area (Å²) in [6.07, 6.45) is 3.50. The summed E-state index contributed by atoms with van der Waals surface area (Å²) in [4.78, 5) is 6.84. The molecule has 1 aliphatic rings. The SMILES string of the molecule is CC(N)C1CCCCN1c1nnc2ccccc2n1. The molecule has 0 amide bonds. The first-order chi connectivity index (χ1) is 9.25. The molecule has 0 saturated carbocycles. The smallest absolute Gasteiger partial charge is 0.246 e. The van der Waals surface area contributed by atoms with E-state index in [1.165, 1.54) is 12.8 Å². The van der Waals surface area contributed by atoms with E-state index in [2.05, 4.69) is 27.0 Å². The number of piperidine rings is 1. The van der Waals surface area contributed by atoms with Gasteiger partial charge in [-0.3, -0.25) is 0 Å². The number of nitrogens with two attached hydrogens (primary N) is 1. The predicted octanol–water partition coefficient (Wildman–Crippen LogP) is 1.73. The van der Waals surface area contributed by atoms with E-state index in [4.69, 9.17) is 5.73 Å². The molecule has 5 heteroatoms. The predicted molar refractivity (Wildman–Crippen MR) is 76.0 cm³/mol. The molecule has 5 nitrogen and oxygen atoms in total. The lowest BCUT2D eigenvalue weighted by Crippen LogP contribution is -2.50. The minimum atomic E-state index is 0.121. The second-order valence-corrected chi connectivity index (χ2v) is 5.22. The molecule has 0 radical (unpaired) electrons. The number of hydrogen-bond acceptors (Lipinski definition) is 5. The maximum absolute atomic E-state index is 6.09. The van der Waals surface area contributed by atoms with Crippen molar-refractivity contribution < 1.29 is 0 Å². The van der Waals surface area contributed by atoms with Crippen molar-refractivity contribution in [3.8, 4) is 0 Å². The van der Waals surface area contributed by atoms with Gasteiger partial charge >= 0.3 is 0 Å². The van der Waals surface area contributed by atoms with Gasteiger partial charge < -0.3 is 10.6 Å². The Morgan fingerprint density at radius 3 is 2.79 bits per heavy atom. The number of rotatable bonds is 2. The van der Waals surface area contributed by atoms with Gasteiger partial charge in [0, 0.05) is 18.6 Å². The molecule has 2 aromatic rings. The van der Waals surface area contributed by atoms with Crippen molar-refractivity contribution >= 4 is 17.0 Å². The lowest BCUT2D eigenvalue weighted by Gasteiger charge is -2.37. The summed E-state index contributed by atoms with van der Waals surface area (Å²) in [5.41, 5.74) is 7.81. The van der Waals surface area contributed by atoms with Gasteiger partial charge in [-0.2, -0.15) is 0 Å². The molecule has 1 aromatic carbocycles. The van der Waals surface area contributed by atoms with E-state index in [0.717, 1.165) is 24.0 Å². The fourth-order valence-corrected chi connectivity index (χ4v) is 2.75. The molecule has 2 unspecified atom stereocenters. The normalized spacial score (nSPS) is 21.6. The van der Waals surface area contributed by atoms with Crippen molar-refractivity contribution in [3.63, 3.8) is 0 Å². The van der Waals surface area contributed by atoms with Crippen LogP contribution in [0.2, 0.25) is 0 Å². The Morgan fingerprint density at radius 2 is 2.00 bits per heavy atom. The average molecular weight is 257 g/mol. The third-order valence-electron chi connectivity index (χ3n) is 3.76. The molecule has 3 rings (SSSR count). The van der Waals surface area contributed by atoms with E-state index < -0.39 is 0 Å². The highest BCUT2D eigenvalue weighted by Gasteiger charge is 2.27. The van der Waals surface area contributed by atoms with Crippen molar-refractivity contribution in [2.45, 2.75) is 38.3 Å². The second kappa shape index (κ2) is 5.09. The molecule has 0 spiro atoms. The first-order valence-corrected chi connectivity index (χ1v) is 6.87. The Morgan fingerprint density at radius 1 is 1.21 bits per heavy atom. The van der Waals surface area contributed by atoms with E-state index in [1.54, 1.807) is 0 Å². The zero-order valence-electron chi connectivity index (χ0n) is 11.2. The first kappa shape index (κ1) is 12.3. The lowest BCUT2D eigenvalue weighted by atomic mass is 9.97. The van der Waals surface area contributed by atoms with Crippen LogP contribution in [-0.2, 0) is 0 Å². The van der Waals surface area contributed by atoms with Crippen LogP contribution in [0.25, 0.3) is 11.0 Å². The van der Waals surface area contributed by atoms with Crippen molar-refractivity contribution in [3.05, 3.63) is 24.3 Å². The molecule has 19 heavy (non-hydrogen) atoms. The van der Waals surface area contributed by atoms with E-state index >= 15 is 0 Å². The zero-order chi connectivity index (χ0) is 13.2. The van der Waals surface area contributed by atoms with Crippen LogP contribution < -0.4 is 10.6 Å². The van der Waals surface area contributed by atoms with Crippen LogP contribution in [0.4, 0.5) is 5.95 Å². The van der Waals surface area contributed by atoms with Gasteiger partial charge in [0.1, 0.15) is 5.52 Å². The topological polar surface area (TPSA) is 67.9 Å². The Labute approximate surface area is 112 Å². The van der Waals surface area contributed by atoms with E-state index in [-0.39, 0.29) is 6.04 Å². The Hall–Kier alpha value is -1.75. The average Bonchev–Trinajstić information content (AvgIpc) is 2.46. The second-order valence-electron chi connectivity index (χ2n) is 5.22. The first-order valence-electron chi connectivity index (χ1n) is 6.87. The summed E-state index contributed by atoms with van der Waals surface area (Å²) >= 11 is 0. The lowest BCUT2D eigenvalue weighted by molar-refractivity contribution is 0.407. The quantitative estimate of drug-likeness (QED) is 0.887. The highest BCUT2D eigenvalue weighted by Crippen LogP contribution is 2.23. The monoisotopic (exact) mass is 257 g/mol. The summed E-state index contributed by atoms with van der Waals surface area (Å²) < 4.78 is 0. The molecular weight excluding hydrogens is 238 g/mol. The van der Waals surface area contributed by atoms with Gasteiger partial charge in [-0.05, 0) is 38.3 Å². The largest absolute Gasteiger partial charge is 0.335 e. The molecule has 100 valence electrons. The summed E-state index contributed by atoms with van der Waals surface area (Å²) in [6.45, 7) is 3.02. The minimum Gasteiger partial charge on any atom is -0.335 e. The minimum absolute atomic E-state index is 0.121. The molecule has 2 heterocycles. The Bertz CT molecular complexity index is 569. The van der Waals surface area contributed by atoms with Gasteiger partial charge in [0.05, 0.1) is 5.52 Å². The molecule has 2 N–H and O–H groups in total. The third kappa shape index (κ3) is 2.38. The molecular formula is C14H19N5. The maximum Gasteiger partial charge on any atom is 0.246 e. The van der Waals surface area contributed by atoms with Crippen LogP contribution in [0, 0.1) is 0 Å². The van der Waals surface area contributed by atoms with E-state index in [0.29, 0.717) is 12.0 Å². The van der Waals surface area contributed by atoms with Crippen LogP contribution in [0.3, 0.4) is 0 Å². The molecule has 1 aliphatic heterocycles. The van der Waals surface area contributed by atoms with Gasteiger partial charge in [0.25, 0.3) is 0 Å². The summed E-state index contributed by atoms with van der Waals surface area (Å²) in [7, 11) is 0. The van der Waals surface area contributed by atoms with Gasteiger partial charge in [0.15, 0.2) is 0 Å². The van der Waals surface area contributed by atoms with Crippen molar-refractivity contribution in [1.82, 2.24) is 15.2 Å². The van der Waals surface area contributed by atoms with E-state index in [9.17, 15) is 0 Å². The standard InChI is InChI=1S/C14H19N5/c1-10(15)13-8-4-5-9-19(13)14-16-11-6-2-3-7-12(11)17-18-14/h2-3,6-7,10,13H,4-5,8-9,15H2,1H3. The van der Waals surface area contributed by atoms with Crippen molar-refractivity contribution in [1.29, 1.82) is 0 Å². The summed E-state index contributed by atoms with van der Waals surface area (Å²) in [5, 5.41) is 8.53. The number of aromatic nitrogens is 3. The number of nitrogens with zero attached hydrogens (tertiary/aromatic N) is 4. The Balaban J connectivity index is 1.97. The number of hydrogen-bond donors (Lipinski definition) is 1. The fourth-order valence-electron chi connectivity index (χ4n) is 2.75. The van der Waals surface area contributed by atoms with Crippen LogP contribution >= 0.6 is 0 Å². The molecule has 2 atom stereocenters. The number of benzene rings is 1. The van der Waals surface area contributed by atoms with Crippen LogP contribution in [0.1, 0.15) is 26.2 Å².